The third-order valence-corrected chi connectivity index (χ3v) is 4.63. The van der Waals surface area contributed by atoms with Gasteiger partial charge in [0, 0.05) is 23.1 Å². The Kier molecular flexibility index (Phi) is 3.52. The zero-order valence-corrected chi connectivity index (χ0v) is 13.9. The first-order valence-corrected chi connectivity index (χ1v) is 8.36. The normalized spacial score (nSPS) is 11.0. The number of nitrogens with one attached hydrogen (secondary N) is 1. The van der Waals surface area contributed by atoms with Crippen LogP contribution in [0.2, 0.25) is 5.02 Å². The van der Waals surface area contributed by atoms with E-state index in [-0.39, 0.29) is 0 Å². The Labute approximate surface area is 142 Å². The molecule has 0 atom stereocenters. The molecule has 1 N–H and O–H groups in total. The molecule has 23 heavy (non-hydrogen) atoms. The third-order valence-electron chi connectivity index (χ3n) is 3.62. The van der Waals surface area contributed by atoms with Crippen molar-refractivity contribution in [3.8, 4) is 11.5 Å². The van der Waals surface area contributed by atoms with E-state index in [0.717, 1.165) is 38.4 Å². The molecule has 0 unspecified atom stereocenters. The molecule has 0 fully saturated rings. The van der Waals surface area contributed by atoms with Crippen LogP contribution < -0.4 is 5.32 Å². The van der Waals surface area contributed by atoms with Crippen LogP contribution in [0.3, 0.4) is 0 Å². The molecule has 2 heterocycles. The third kappa shape index (κ3) is 2.69. The number of anilines is 2. The zero-order valence-electron chi connectivity index (χ0n) is 12.3. The molecule has 2 aromatic carbocycles. The molecule has 0 aliphatic rings. The van der Waals surface area contributed by atoms with Gasteiger partial charge >= 0.3 is 0 Å². The van der Waals surface area contributed by atoms with E-state index in [1.165, 1.54) is 0 Å². The van der Waals surface area contributed by atoms with E-state index < -0.39 is 0 Å². The van der Waals surface area contributed by atoms with E-state index >= 15 is 0 Å². The molecule has 0 aliphatic heterocycles. The first-order chi connectivity index (χ1) is 11.2. The number of para-hydroxylation sites is 2. The standard InChI is InChI=1S/C17H13ClN4S/c1-22-15-5-3-2-4-13(15)20-16(22)14-10-23-17(21-14)19-12-8-6-11(18)7-9-12/h2-10H,1H3,(H,19,21). The fourth-order valence-corrected chi connectivity index (χ4v) is 3.30. The molecular formula is C17H13ClN4S. The van der Waals surface area contributed by atoms with Gasteiger partial charge in [-0.25, -0.2) is 9.97 Å². The SMILES string of the molecule is Cn1c(-c2csc(Nc3ccc(Cl)cc3)n2)nc2ccccc21. The second-order valence-electron chi connectivity index (χ2n) is 5.15. The summed E-state index contributed by atoms with van der Waals surface area (Å²) in [6.07, 6.45) is 0. The first kappa shape index (κ1) is 14.2. The zero-order chi connectivity index (χ0) is 15.8. The maximum absolute atomic E-state index is 5.90. The predicted molar refractivity (Wildman–Crippen MR) is 96.6 cm³/mol. The van der Waals surface area contributed by atoms with Crippen molar-refractivity contribution in [2.24, 2.45) is 7.05 Å². The van der Waals surface area contributed by atoms with Crippen molar-refractivity contribution in [3.63, 3.8) is 0 Å². The Hall–Kier alpha value is -2.37. The van der Waals surface area contributed by atoms with Gasteiger partial charge in [0.1, 0.15) is 5.69 Å². The molecule has 0 saturated carbocycles. The van der Waals surface area contributed by atoms with E-state index in [0.29, 0.717) is 0 Å². The number of imidazole rings is 1. The largest absolute Gasteiger partial charge is 0.332 e. The summed E-state index contributed by atoms with van der Waals surface area (Å²) in [6, 6.07) is 15.6. The van der Waals surface area contributed by atoms with Crippen molar-refractivity contribution < 1.29 is 0 Å². The second kappa shape index (κ2) is 5.68. The van der Waals surface area contributed by atoms with Crippen LogP contribution in [0.4, 0.5) is 10.8 Å². The highest BCUT2D eigenvalue weighted by molar-refractivity contribution is 7.14. The molecule has 4 nitrogen and oxygen atoms in total. The van der Waals surface area contributed by atoms with Gasteiger partial charge in [-0.2, -0.15) is 0 Å². The smallest absolute Gasteiger partial charge is 0.187 e. The minimum atomic E-state index is 0.718. The molecular weight excluding hydrogens is 328 g/mol. The molecule has 0 aliphatic carbocycles. The van der Waals surface area contributed by atoms with Gasteiger partial charge in [0.25, 0.3) is 0 Å². The number of aromatic nitrogens is 3. The van der Waals surface area contributed by atoms with Crippen LogP contribution in [-0.4, -0.2) is 14.5 Å². The van der Waals surface area contributed by atoms with Crippen LogP contribution in [-0.2, 0) is 7.05 Å². The molecule has 0 radical (unpaired) electrons. The van der Waals surface area contributed by atoms with Gasteiger partial charge < -0.3 is 9.88 Å². The van der Waals surface area contributed by atoms with Crippen molar-refractivity contribution in [1.82, 2.24) is 14.5 Å². The van der Waals surface area contributed by atoms with E-state index in [2.05, 4.69) is 25.9 Å². The van der Waals surface area contributed by atoms with Crippen molar-refractivity contribution in [2.45, 2.75) is 0 Å². The lowest BCUT2D eigenvalue weighted by atomic mass is 10.3. The fraction of sp³-hybridized carbons (Fsp3) is 0.0588. The van der Waals surface area contributed by atoms with Crippen LogP contribution in [0.25, 0.3) is 22.6 Å². The number of nitrogens with zero attached hydrogens (tertiary/aromatic N) is 3. The maximum Gasteiger partial charge on any atom is 0.187 e. The number of halogens is 1. The summed E-state index contributed by atoms with van der Waals surface area (Å²) >= 11 is 7.46. The number of thiazole rings is 1. The Morgan fingerprint density at radius 3 is 2.61 bits per heavy atom. The number of hydrogen-bond acceptors (Lipinski definition) is 4. The summed E-state index contributed by atoms with van der Waals surface area (Å²) < 4.78 is 2.07. The lowest BCUT2D eigenvalue weighted by Gasteiger charge is -2.02. The Morgan fingerprint density at radius 1 is 1.04 bits per heavy atom. The van der Waals surface area contributed by atoms with Crippen molar-refractivity contribution in [3.05, 3.63) is 58.9 Å². The molecule has 0 amide bonds. The molecule has 4 rings (SSSR count). The molecule has 0 saturated heterocycles. The monoisotopic (exact) mass is 340 g/mol. The molecule has 2 aromatic heterocycles. The Morgan fingerprint density at radius 2 is 1.83 bits per heavy atom. The minimum absolute atomic E-state index is 0.718. The number of aryl methyl sites for hydroxylation is 1. The van der Waals surface area contributed by atoms with Gasteiger partial charge in [0.05, 0.1) is 11.0 Å². The van der Waals surface area contributed by atoms with Gasteiger partial charge in [0.15, 0.2) is 11.0 Å². The average molecular weight is 341 g/mol. The first-order valence-electron chi connectivity index (χ1n) is 7.11. The lowest BCUT2D eigenvalue weighted by molar-refractivity contribution is 0.953. The highest BCUT2D eigenvalue weighted by Crippen LogP contribution is 2.28. The summed E-state index contributed by atoms with van der Waals surface area (Å²) in [6.45, 7) is 0. The number of rotatable bonds is 3. The van der Waals surface area contributed by atoms with Gasteiger partial charge in [-0.15, -0.1) is 11.3 Å². The van der Waals surface area contributed by atoms with Crippen LogP contribution in [0.1, 0.15) is 0 Å². The van der Waals surface area contributed by atoms with Crippen LogP contribution in [0.5, 0.6) is 0 Å². The number of benzene rings is 2. The molecule has 114 valence electrons. The molecule has 0 bridgehead atoms. The van der Waals surface area contributed by atoms with Crippen molar-refractivity contribution >= 4 is 44.8 Å². The molecule has 0 spiro atoms. The summed E-state index contributed by atoms with van der Waals surface area (Å²) in [5, 5.41) is 6.85. The van der Waals surface area contributed by atoms with E-state index in [9.17, 15) is 0 Å². The molecule has 6 heteroatoms. The Balaban J connectivity index is 1.66. The highest BCUT2D eigenvalue weighted by atomic mass is 35.5. The van der Waals surface area contributed by atoms with Crippen LogP contribution in [0.15, 0.2) is 53.9 Å². The summed E-state index contributed by atoms with van der Waals surface area (Å²) in [7, 11) is 2.01. The summed E-state index contributed by atoms with van der Waals surface area (Å²) in [5.41, 5.74) is 3.90. The molecule has 4 aromatic rings. The van der Waals surface area contributed by atoms with Gasteiger partial charge in [0.2, 0.25) is 0 Å². The fourth-order valence-electron chi connectivity index (χ4n) is 2.47. The van der Waals surface area contributed by atoms with Crippen LogP contribution in [0, 0.1) is 0 Å². The number of hydrogen-bond donors (Lipinski definition) is 1. The topological polar surface area (TPSA) is 42.7 Å². The average Bonchev–Trinajstić information content (AvgIpc) is 3.15. The summed E-state index contributed by atoms with van der Waals surface area (Å²) in [4.78, 5) is 9.32. The predicted octanol–water partition coefficient (Wildman–Crippen LogP) is 5.09. The van der Waals surface area contributed by atoms with E-state index in [4.69, 9.17) is 11.6 Å². The van der Waals surface area contributed by atoms with Crippen molar-refractivity contribution in [1.29, 1.82) is 0 Å². The quantitative estimate of drug-likeness (QED) is 0.564. The van der Waals surface area contributed by atoms with Crippen molar-refractivity contribution in [2.75, 3.05) is 5.32 Å². The van der Waals surface area contributed by atoms with Crippen LogP contribution >= 0.6 is 22.9 Å². The van der Waals surface area contributed by atoms with E-state index in [1.54, 1.807) is 11.3 Å². The summed E-state index contributed by atoms with van der Waals surface area (Å²) in [5.74, 6) is 0.867. The lowest BCUT2D eigenvalue weighted by Crippen LogP contribution is -1.93. The van der Waals surface area contributed by atoms with E-state index in [1.807, 2.05) is 54.9 Å². The second-order valence-corrected chi connectivity index (χ2v) is 6.45. The maximum atomic E-state index is 5.90. The highest BCUT2D eigenvalue weighted by Gasteiger charge is 2.12. The number of fused-ring (bicyclic) bond motifs is 1. The van der Waals surface area contributed by atoms with Gasteiger partial charge in [-0.1, -0.05) is 23.7 Å². The van der Waals surface area contributed by atoms with Gasteiger partial charge in [-0.3, -0.25) is 0 Å². The van der Waals surface area contributed by atoms with Gasteiger partial charge in [-0.05, 0) is 36.4 Å². The Bertz CT molecular complexity index is 972. The minimum Gasteiger partial charge on any atom is -0.332 e.